The molecule has 7 heteroatoms. The van der Waals surface area contributed by atoms with Gasteiger partial charge in [0.2, 0.25) is 12.7 Å². The van der Waals surface area contributed by atoms with Crippen LogP contribution in [0.3, 0.4) is 0 Å². The van der Waals surface area contributed by atoms with Crippen LogP contribution in [-0.4, -0.2) is 54.0 Å². The van der Waals surface area contributed by atoms with E-state index in [0.29, 0.717) is 19.5 Å². The summed E-state index contributed by atoms with van der Waals surface area (Å²) in [6.07, 6.45) is 3.71. The van der Waals surface area contributed by atoms with E-state index in [1.165, 1.54) is 12.0 Å². The lowest BCUT2D eigenvalue weighted by molar-refractivity contribution is -0.130. The van der Waals surface area contributed by atoms with Gasteiger partial charge in [0.1, 0.15) is 0 Å². The zero-order chi connectivity index (χ0) is 18.2. The molecular formula is C20H22N4O3. The smallest absolute Gasteiger partial charge is 0.231 e. The highest BCUT2D eigenvalue weighted by atomic mass is 16.7. The van der Waals surface area contributed by atoms with Gasteiger partial charge >= 0.3 is 0 Å². The van der Waals surface area contributed by atoms with Crippen LogP contribution in [-0.2, 0) is 24.1 Å². The lowest BCUT2D eigenvalue weighted by atomic mass is 10.1. The molecular weight excluding hydrogens is 344 g/mol. The molecule has 2 aliphatic heterocycles. The molecule has 27 heavy (non-hydrogen) atoms. The fourth-order valence-corrected chi connectivity index (χ4v) is 3.99. The molecule has 1 fully saturated rings. The summed E-state index contributed by atoms with van der Waals surface area (Å²) < 4.78 is 10.7. The van der Waals surface area contributed by atoms with E-state index in [1.807, 2.05) is 23.1 Å². The molecule has 1 aromatic carbocycles. The Morgan fingerprint density at radius 2 is 1.85 bits per heavy atom. The van der Waals surface area contributed by atoms with Crippen molar-refractivity contribution in [2.75, 3.05) is 37.9 Å². The second-order valence-electron chi connectivity index (χ2n) is 7.26. The number of aryl methyl sites for hydroxylation is 2. The number of aromatic nitrogens is 2. The molecule has 1 saturated heterocycles. The van der Waals surface area contributed by atoms with Crippen LogP contribution < -0.4 is 14.4 Å². The lowest BCUT2D eigenvalue weighted by Crippen LogP contribution is -2.49. The second kappa shape index (κ2) is 6.72. The number of benzene rings is 1. The Labute approximate surface area is 157 Å². The van der Waals surface area contributed by atoms with Crippen molar-refractivity contribution in [3.8, 4) is 11.5 Å². The molecule has 0 N–H and O–H groups in total. The minimum atomic E-state index is 0.147. The van der Waals surface area contributed by atoms with Crippen molar-refractivity contribution in [3.63, 3.8) is 0 Å². The number of carbonyl (C=O) groups is 1. The average molecular weight is 366 g/mol. The van der Waals surface area contributed by atoms with Crippen molar-refractivity contribution < 1.29 is 14.3 Å². The monoisotopic (exact) mass is 366 g/mol. The summed E-state index contributed by atoms with van der Waals surface area (Å²) in [6.45, 7) is 3.26. The van der Waals surface area contributed by atoms with E-state index in [4.69, 9.17) is 9.47 Å². The van der Waals surface area contributed by atoms with Crippen LogP contribution in [0, 0.1) is 0 Å². The molecule has 5 rings (SSSR count). The maximum Gasteiger partial charge on any atom is 0.231 e. The van der Waals surface area contributed by atoms with Crippen molar-refractivity contribution in [3.05, 3.63) is 41.1 Å². The van der Waals surface area contributed by atoms with Gasteiger partial charge in [-0.1, -0.05) is 6.07 Å². The Balaban J connectivity index is 1.19. The molecule has 0 bridgehead atoms. The van der Waals surface area contributed by atoms with Crippen LogP contribution in [0.2, 0.25) is 0 Å². The number of carbonyl (C=O) groups excluding carboxylic acids is 1. The van der Waals surface area contributed by atoms with E-state index in [-0.39, 0.29) is 12.7 Å². The van der Waals surface area contributed by atoms with Gasteiger partial charge in [0.15, 0.2) is 17.3 Å². The topological polar surface area (TPSA) is 67.8 Å². The van der Waals surface area contributed by atoms with Gasteiger partial charge in [-0.3, -0.25) is 4.79 Å². The molecule has 0 atom stereocenters. The molecule has 1 aliphatic carbocycles. The quantitative estimate of drug-likeness (QED) is 0.822. The van der Waals surface area contributed by atoms with E-state index in [0.717, 1.165) is 54.5 Å². The summed E-state index contributed by atoms with van der Waals surface area (Å²) in [5, 5.41) is 8.77. The summed E-state index contributed by atoms with van der Waals surface area (Å²) in [5.74, 6) is 2.56. The first-order valence-electron chi connectivity index (χ1n) is 9.53. The first-order chi connectivity index (χ1) is 13.3. The molecule has 1 amide bonds. The Bertz CT molecular complexity index is 878. The Morgan fingerprint density at radius 3 is 2.74 bits per heavy atom. The third-order valence-corrected chi connectivity index (χ3v) is 5.56. The van der Waals surface area contributed by atoms with E-state index in [9.17, 15) is 4.79 Å². The maximum absolute atomic E-state index is 12.7. The number of ether oxygens (including phenoxy) is 2. The number of hydrogen-bond donors (Lipinski definition) is 0. The molecule has 2 aromatic rings. The number of fused-ring (bicyclic) bond motifs is 2. The Morgan fingerprint density at radius 1 is 1.00 bits per heavy atom. The van der Waals surface area contributed by atoms with Crippen LogP contribution >= 0.6 is 0 Å². The summed E-state index contributed by atoms with van der Waals surface area (Å²) in [5.41, 5.74) is 3.44. The number of amides is 1. The standard InChI is InChI=1S/C20H22N4O3/c25-20(11-14-4-5-17-18(10-14)27-13-26-17)24-8-6-23(7-9-24)19-12-15-2-1-3-16(15)21-22-19/h4-5,10,12H,1-3,6-9,11,13H2. The molecule has 140 valence electrons. The lowest BCUT2D eigenvalue weighted by Gasteiger charge is -2.35. The van der Waals surface area contributed by atoms with Crippen molar-refractivity contribution in [1.29, 1.82) is 0 Å². The zero-order valence-corrected chi connectivity index (χ0v) is 15.2. The van der Waals surface area contributed by atoms with E-state index < -0.39 is 0 Å². The SMILES string of the molecule is O=C(Cc1ccc2c(c1)OCO2)N1CCN(c2cc3c(nn2)CCC3)CC1. The molecule has 3 heterocycles. The summed E-state index contributed by atoms with van der Waals surface area (Å²) in [7, 11) is 0. The third kappa shape index (κ3) is 3.18. The first kappa shape index (κ1) is 16.4. The molecule has 0 radical (unpaired) electrons. The molecule has 0 saturated carbocycles. The zero-order valence-electron chi connectivity index (χ0n) is 15.2. The fraction of sp³-hybridized carbons (Fsp3) is 0.450. The highest BCUT2D eigenvalue weighted by Gasteiger charge is 2.24. The summed E-state index contributed by atoms with van der Waals surface area (Å²) >= 11 is 0. The van der Waals surface area contributed by atoms with Gasteiger partial charge in [-0.05, 0) is 48.6 Å². The van der Waals surface area contributed by atoms with Crippen molar-refractivity contribution in [1.82, 2.24) is 15.1 Å². The number of piperazine rings is 1. The average Bonchev–Trinajstić information content (AvgIpc) is 3.36. The van der Waals surface area contributed by atoms with Crippen LogP contribution in [0.4, 0.5) is 5.82 Å². The van der Waals surface area contributed by atoms with Crippen molar-refractivity contribution >= 4 is 11.7 Å². The predicted octanol–water partition coefficient (Wildman–Crippen LogP) is 1.59. The van der Waals surface area contributed by atoms with E-state index >= 15 is 0 Å². The van der Waals surface area contributed by atoms with Crippen molar-refractivity contribution in [2.45, 2.75) is 25.7 Å². The van der Waals surface area contributed by atoms with Gasteiger partial charge < -0.3 is 19.3 Å². The number of nitrogens with zero attached hydrogens (tertiary/aromatic N) is 4. The third-order valence-electron chi connectivity index (χ3n) is 5.56. The van der Waals surface area contributed by atoms with Crippen LogP contribution in [0.25, 0.3) is 0 Å². The summed E-state index contributed by atoms with van der Waals surface area (Å²) in [4.78, 5) is 16.8. The van der Waals surface area contributed by atoms with Gasteiger partial charge in [-0.15, -0.1) is 5.10 Å². The van der Waals surface area contributed by atoms with Gasteiger partial charge in [0.25, 0.3) is 0 Å². The molecule has 1 aromatic heterocycles. The van der Waals surface area contributed by atoms with E-state index in [2.05, 4.69) is 21.2 Å². The minimum Gasteiger partial charge on any atom is -0.454 e. The van der Waals surface area contributed by atoms with Crippen LogP contribution in [0.1, 0.15) is 23.2 Å². The van der Waals surface area contributed by atoms with Crippen molar-refractivity contribution in [2.24, 2.45) is 0 Å². The maximum atomic E-state index is 12.7. The summed E-state index contributed by atoms with van der Waals surface area (Å²) in [6, 6.07) is 7.88. The number of anilines is 1. The molecule has 7 nitrogen and oxygen atoms in total. The number of hydrogen-bond acceptors (Lipinski definition) is 6. The molecule has 0 spiro atoms. The minimum absolute atomic E-state index is 0.147. The van der Waals surface area contributed by atoms with Gasteiger partial charge in [-0.2, -0.15) is 5.10 Å². The van der Waals surface area contributed by atoms with Crippen LogP contribution in [0.15, 0.2) is 24.3 Å². The Kier molecular flexibility index (Phi) is 4.07. The molecule has 3 aliphatic rings. The van der Waals surface area contributed by atoms with Crippen LogP contribution in [0.5, 0.6) is 11.5 Å². The van der Waals surface area contributed by atoms with E-state index in [1.54, 1.807) is 0 Å². The molecule has 0 unspecified atom stereocenters. The highest BCUT2D eigenvalue weighted by Crippen LogP contribution is 2.32. The van der Waals surface area contributed by atoms with Gasteiger partial charge in [-0.25, -0.2) is 0 Å². The first-order valence-corrected chi connectivity index (χ1v) is 9.53. The van der Waals surface area contributed by atoms with Gasteiger partial charge in [0, 0.05) is 26.2 Å². The number of rotatable bonds is 3. The second-order valence-corrected chi connectivity index (χ2v) is 7.26. The Hall–Kier alpha value is -2.83. The predicted molar refractivity (Wildman–Crippen MR) is 99.1 cm³/mol. The normalized spacial score (nSPS) is 17.9. The fourth-order valence-electron chi connectivity index (χ4n) is 3.99. The van der Waals surface area contributed by atoms with Gasteiger partial charge in [0.05, 0.1) is 12.1 Å². The largest absolute Gasteiger partial charge is 0.454 e. The highest BCUT2D eigenvalue weighted by molar-refractivity contribution is 5.79.